The number of hydrogen-bond donors (Lipinski definition) is 1. The van der Waals surface area contributed by atoms with E-state index >= 15 is 0 Å². The Morgan fingerprint density at radius 3 is 2.41 bits per heavy atom. The molecular weight excluding hydrogens is 462 g/mol. The Balaban J connectivity index is 1.28. The molecule has 188 valence electrons. The molecule has 1 fully saturated rings. The van der Waals surface area contributed by atoms with E-state index in [4.69, 9.17) is 4.74 Å². The van der Waals surface area contributed by atoms with E-state index < -0.39 is 6.04 Å². The molecule has 37 heavy (non-hydrogen) atoms. The summed E-state index contributed by atoms with van der Waals surface area (Å²) in [6.45, 7) is 0.652. The number of carbonyl (C=O) groups is 2. The topological polar surface area (TPSA) is 65.6 Å². The monoisotopic (exact) mass is 493 g/mol. The molecule has 0 saturated carbocycles. The number of aryl methyl sites for hydroxylation is 1. The van der Waals surface area contributed by atoms with Gasteiger partial charge in [0, 0.05) is 29.6 Å². The van der Waals surface area contributed by atoms with Crippen LogP contribution >= 0.6 is 0 Å². The van der Waals surface area contributed by atoms with Gasteiger partial charge in [0.25, 0.3) is 0 Å². The van der Waals surface area contributed by atoms with Gasteiger partial charge in [-0.3, -0.25) is 9.59 Å². The van der Waals surface area contributed by atoms with Crippen LogP contribution in [0, 0.1) is 0 Å². The van der Waals surface area contributed by atoms with Gasteiger partial charge >= 0.3 is 0 Å². The SMILES string of the molecule is COc1ccc(CCN2CC(=O)N3[C@H](CCc4ccccc4)c4[nH]c5ccccc5c4C[C@H]3C2=O)cc1. The zero-order valence-corrected chi connectivity index (χ0v) is 21.0. The largest absolute Gasteiger partial charge is 0.497 e. The van der Waals surface area contributed by atoms with Crippen LogP contribution in [-0.4, -0.2) is 52.8 Å². The van der Waals surface area contributed by atoms with Gasteiger partial charge < -0.3 is 19.5 Å². The highest BCUT2D eigenvalue weighted by atomic mass is 16.5. The van der Waals surface area contributed by atoms with Crippen molar-refractivity contribution in [1.82, 2.24) is 14.8 Å². The Hall–Kier alpha value is -4.06. The Labute approximate surface area is 216 Å². The first-order valence-electron chi connectivity index (χ1n) is 13.0. The van der Waals surface area contributed by atoms with Gasteiger partial charge in [-0.2, -0.15) is 0 Å². The molecule has 6 nitrogen and oxygen atoms in total. The second-order valence-electron chi connectivity index (χ2n) is 9.98. The van der Waals surface area contributed by atoms with Crippen molar-refractivity contribution in [3.63, 3.8) is 0 Å². The van der Waals surface area contributed by atoms with Crippen LogP contribution in [0.5, 0.6) is 5.75 Å². The standard InChI is InChI=1S/C31H31N3O3/c1-37-23-14-11-22(12-15-23)17-18-33-20-29(35)34-27(16-13-21-7-3-2-4-8-21)30-25(19-28(34)31(33)36)24-9-5-6-10-26(24)32-30/h2-12,14-15,27-28,32H,13,16-20H2,1H3/t27-,28+/m1/s1. The molecule has 2 amide bonds. The molecule has 2 aliphatic heterocycles. The molecule has 1 aromatic heterocycles. The number of ether oxygens (including phenoxy) is 1. The number of fused-ring (bicyclic) bond motifs is 4. The average Bonchev–Trinajstić information content (AvgIpc) is 3.32. The van der Waals surface area contributed by atoms with Gasteiger partial charge in [0.1, 0.15) is 11.8 Å². The smallest absolute Gasteiger partial charge is 0.246 e. The van der Waals surface area contributed by atoms with Crippen molar-refractivity contribution < 1.29 is 14.3 Å². The first-order valence-corrected chi connectivity index (χ1v) is 13.0. The van der Waals surface area contributed by atoms with Crippen molar-refractivity contribution in [3.8, 4) is 5.75 Å². The summed E-state index contributed by atoms with van der Waals surface area (Å²) in [6.07, 6.45) is 2.85. The summed E-state index contributed by atoms with van der Waals surface area (Å²) in [5.74, 6) is 0.886. The van der Waals surface area contributed by atoms with Crippen LogP contribution in [0.2, 0.25) is 0 Å². The normalized spacial score (nSPS) is 19.2. The van der Waals surface area contributed by atoms with Crippen molar-refractivity contribution in [3.05, 3.63) is 101 Å². The van der Waals surface area contributed by atoms with E-state index in [0.29, 0.717) is 19.4 Å². The van der Waals surface area contributed by atoms with Crippen molar-refractivity contribution >= 4 is 22.7 Å². The molecule has 1 N–H and O–H groups in total. The molecule has 0 aliphatic carbocycles. The molecule has 0 radical (unpaired) electrons. The predicted octanol–water partition coefficient (Wildman–Crippen LogP) is 4.69. The lowest BCUT2D eigenvalue weighted by molar-refractivity contribution is -0.159. The highest BCUT2D eigenvalue weighted by Crippen LogP contribution is 2.41. The first kappa shape index (κ1) is 23.3. The van der Waals surface area contributed by atoms with Gasteiger partial charge in [-0.15, -0.1) is 0 Å². The fourth-order valence-corrected chi connectivity index (χ4v) is 5.94. The highest BCUT2D eigenvalue weighted by molar-refractivity contribution is 5.97. The number of benzene rings is 3. The van der Waals surface area contributed by atoms with Crippen molar-refractivity contribution in [2.45, 2.75) is 37.8 Å². The molecule has 0 unspecified atom stereocenters. The van der Waals surface area contributed by atoms with Crippen LogP contribution in [0.3, 0.4) is 0 Å². The molecular formula is C31H31N3O3. The fraction of sp³-hybridized carbons (Fsp3) is 0.290. The third-order valence-electron chi connectivity index (χ3n) is 7.84. The number of piperazine rings is 1. The Bertz CT molecular complexity index is 1430. The van der Waals surface area contributed by atoms with Gasteiger partial charge in [-0.05, 0) is 54.2 Å². The minimum atomic E-state index is -0.468. The predicted molar refractivity (Wildman–Crippen MR) is 143 cm³/mol. The van der Waals surface area contributed by atoms with E-state index in [0.717, 1.165) is 40.8 Å². The highest BCUT2D eigenvalue weighted by Gasteiger charge is 2.47. The maximum absolute atomic E-state index is 13.8. The lowest BCUT2D eigenvalue weighted by atomic mass is 9.86. The molecule has 0 bridgehead atoms. The zero-order chi connectivity index (χ0) is 25.4. The number of para-hydroxylation sites is 1. The minimum absolute atomic E-state index is 0.0294. The van der Waals surface area contributed by atoms with E-state index in [-0.39, 0.29) is 24.4 Å². The third kappa shape index (κ3) is 4.37. The molecule has 6 rings (SSSR count). The van der Waals surface area contributed by atoms with E-state index in [1.54, 1.807) is 12.0 Å². The van der Waals surface area contributed by atoms with Gasteiger partial charge in [0.15, 0.2) is 0 Å². The van der Waals surface area contributed by atoms with Crippen LogP contribution in [0.25, 0.3) is 10.9 Å². The van der Waals surface area contributed by atoms with Gasteiger partial charge in [-0.25, -0.2) is 0 Å². The summed E-state index contributed by atoms with van der Waals surface area (Å²) >= 11 is 0. The Morgan fingerprint density at radius 2 is 1.62 bits per heavy atom. The summed E-state index contributed by atoms with van der Waals surface area (Å²) in [4.78, 5) is 34.7. The van der Waals surface area contributed by atoms with Crippen molar-refractivity contribution in [2.24, 2.45) is 0 Å². The van der Waals surface area contributed by atoms with Crippen molar-refractivity contribution in [2.75, 3.05) is 20.2 Å². The number of H-pyrrole nitrogens is 1. The average molecular weight is 494 g/mol. The van der Waals surface area contributed by atoms with Crippen LogP contribution in [0.4, 0.5) is 0 Å². The zero-order valence-electron chi connectivity index (χ0n) is 21.0. The Morgan fingerprint density at radius 1 is 0.892 bits per heavy atom. The van der Waals surface area contributed by atoms with Crippen LogP contribution in [0.15, 0.2) is 78.9 Å². The number of methoxy groups -OCH3 is 1. The van der Waals surface area contributed by atoms with Crippen molar-refractivity contribution in [1.29, 1.82) is 0 Å². The van der Waals surface area contributed by atoms with Gasteiger partial charge in [0.2, 0.25) is 11.8 Å². The van der Waals surface area contributed by atoms with E-state index in [2.05, 4.69) is 29.2 Å². The summed E-state index contributed by atoms with van der Waals surface area (Å²) in [6, 6.07) is 25.9. The molecule has 4 aromatic rings. The van der Waals surface area contributed by atoms with Crippen LogP contribution < -0.4 is 4.74 Å². The van der Waals surface area contributed by atoms with E-state index in [1.165, 1.54) is 11.1 Å². The molecule has 3 aromatic carbocycles. The number of nitrogens with one attached hydrogen (secondary N) is 1. The second-order valence-corrected chi connectivity index (χ2v) is 9.98. The number of rotatable bonds is 7. The molecule has 2 atom stereocenters. The summed E-state index contributed by atoms with van der Waals surface area (Å²) in [7, 11) is 1.65. The van der Waals surface area contributed by atoms with E-state index in [9.17, 15) is 9.59 Å². The number of amides is 2. The molecule has 1 saturated heterocycles. The van der Waals surface area contributed by atoms with Crippen LogP contribution in [0.1, 0.15) is 34.8 Å². The lowest BCUT2D eigenvalue weighted by Gasteiger charge is -2.47. The first-order chi connectivity index (χ1) is 18.1. The van der Waals surface area contributed by atoms with Gasteiger partial charge in [0.05, 0.1) is 19.7 Å². The molecule has 3 heterocycles. The molecule has 6 heteroatoms. The summed E-state index contributed by atoms with van der Waals surface area (Å²) in [5.41, 5.74) is 5.67. The molecule has 2 aliphatic rings. The molecule has 0 spiro atoms. The number of hydrogen-bond acceptors (Lipinski definition) is 3. The second kappa shape index (κ2) is 9.77. The Kier molecular flexibility index (Phi) is 6.16. The quantitative estimate of drug-likeness (QED) is 0.406. The fourth-order valence-electron chi connectivity index (χ4n) is 5.94. The number of aromatic amines is 1. The lowest BCUT2D eigenvalue weighted by Crippen LogP contribution is -2.63. The minimum Gasteiger partial charge on any atom is -0.497 e. The third-order valence-corrected chi connectivity index (χ3v) is 7.84. The summed E-state index contributed by atoms with van der Waals surface area (Å²) in [5, 5.41) is 1.15. The summed E-state index contributed by atoms with van der Waals surface area (Å²) < 4.78 is 5.25. The maximum Gasteiger partial charge on any atom is 0.246 e. The number of nitrogens with zero attached hydrogens (tertiary/aromatic N) is 2. The van der Waals surface area contributed by atoms with E-state index in [1.807, 2.05) is 59.5 Å². The maximum atomic E-state index is 13.8. The number of carbonyl (C=O) groups excluding carboxylic acids is 2. The van der Waals surface area contributed by atoms with Crippen LogP contribution in [-0.2, 0) is 28.9 Å². The number of aromatic nitrogens is 1. The van der Waals surface area contributed by atoms with Gasteiger partial charge in [-0.1, -0.05) is 60.7 Å².